The van der Waals surface area contributed by atoms with E-state index in [0.29, 0.717) is 17.0 Å². The largest absolute Gasteiger partial charge is 0.448 e. The normalized spacial score (nSPS) is 18.3. The number of nitrogens with one attached hydrogen (secondary N) is 1. The van der Waals surface area contributed by atoms with Gasteiger partial charge in [-0.05, 0) is 34.3 Å². The number of aromatic nitrogens is 3. The molecular weight excluding hydrogens is 623 g/mol. The minimum Gasteiger partial charge on any atom is -0.448 e. The Kier molecular flexibility index (Phi) is 8.49. The number of thioether (sulfide) groups is 1. The average molecular weight is 646 g/mol. The molecule has 12 nitrogen and oxygen atoms in total. The molecule has 44 heavy (non-hydrogen) atoms. The molecule has 2 aromatic carbocycles. The smallest absolute Gasteiger partial charge is 0.356 e. The van der Waals surface area contributed by atoms with E-state index in [2.05, 4.69) is 25.0 Å². The van der Waals surface area contributed by atoms with Gasteiger partial charge in [-0.25, -0.2) is 9.78 Å². The lowest BCUT2D eigenvalue weighted by atomic mass is 10.00. The molecule has 1 fully saturated rings. The van der Waals surface area contributed by atoms with Crippen LogP contribution in [0.4, 0.5) is 5.13 Å². The van der Waals surface area contributed by atoms with Crippen LogP contribution in [0.1, 0.15) is 28.6 Å². The molecule has 2 aliphatic rings. The maximum Gasteiger partial charge on any atom is 0.356 e. The molecule has 4 N–H and O–H groups in total. The minimum absolute atomic E-state index is 0.0730. The molecule has 0 bridgehead atoms. The zero-order valence-electron chi connectivity index (χ0n) is 22.6. The number of ether oxygens (including phenoxy) is 1. The van der Waals surface area contributed by atoms with Crippen LogP contribution in [-0.4, -0.2) is 65.3 Å². The van der Waals surface area contributed by atoms with Gasteiger partial charge in [0.2, 0.25) is 0 Å². The van der Waals surface area contributed by atoms with Crippen molar-refractivity contribution in [1.29, 1.82) is 0 Å². The number of carbonyl (C=O) groups is 3. The van der Waals surface area contributed by atoms with Crippen molar-refractivity contribution in [1.82, 2.24) is 24.8 Å². The Hall–Kier alpha value is -4.86. The highest BCUT2D eigenvalue weighted by Crippen LogP contribution is 2.42. The summed E-state index contributed by atoms with van der Waals surface area (Å²) >= 11 is 3.63. The predicted molar refractivity (Wildman–Crippen MR) is 167 cm³/mol. The van der Waals surface area contributed by atoms with Gasteiger partial charge in [0.15, 0.2) is 16.9 Å². The fraction of sp³-hybridized carbons (Fsp3) is 0.138. The van der Waals surface area contributed by atoms with Crippen molar-refractivity contribution in [2.45, 2.75) is 17.5 Å². The first kappa shape index (κ1) is 29.2. The van der Waals surface area contributed by atoms with E-state index >= 15 is 0 Å². The number of nitrogens with zero attached hydrogens (tertiary/aromatic N) is 5. The number of amides is 2. The van der Waals surface area contributed by atoms with Crippen LogP contribution in [0, 0.1) is 0 Å². The van der Waals surface area contributed by atoms with Crippen LogP contribution in [0.5, 0.6) is 0 Å². The van der Waals surface area contributed by atoms with Crippen molar-refractivity contribution in [3.63, 3.8) is 0 Å². The van der Waals surface area contributed by atoms with Crippen molar-refractivity contribution in [3.05, 3.63) is 111 Å². The van der Waals surface area contributed by atoms with Gasteiger partial charge in [0.25, 0.3) is 11.8 Å². The number of allylic oxidation sites excluding steroid dienone is 1. The number of nitrogens with two attached hydrogens (primary N) is 1. The molecule has 2 aromatic heterocycles. The summed E-state index contributed by atoms with van der Waals surface area (Å²) in [7, 11) is 0. The number of β-lactam (4-membered cyclic amide) rings is 1. The second-order valence-electron chi connectivity index (χ2n) is 9.52. The molecule has 15 heteroatoms. The number of hydrogen-bond acceptors (Lipinski definition) is 13. The van der Waals surface area contributed by atoms with E-state index in [4.69, 9.17) is 10.5 Å². The molecule has 4 heterocycles. The molecule has 0 saturated carbocycles. The van der Waals surface area contributed by atoms with Crippen LogP contribution >= 0.6 is 34.6 Å². The first-order chi connectivity index (χ1) is 21.4. The average Bonchev–Trinajstić information content (AvgIpc) is 3.74. The highest BCUT2D eigenvalue weighted by molar-refractivity contribution is 8.00. The van der Waals surface area contributed by atoms with Crippen molar-refractivity contribution in [3.8, 4) is 0 Å². The van der Waals surface area contributed by atoms with Gasteiger partial charge in [-0.15, -0.1) is 28.2 Å². The Morgan fingerprint density at radius 3 is 2.39 bits per heavy atom. The molecule has 0 radical (unpaired) electrons. The summed E-state index contributed by atoms with van der Waals surface area (Å²) in [5.74, 6) is -1.68. The van der Waals surface area contributed by atoms with Crippen molar-refractivity contribution in [2.24, 2.45) is 5.16 Å². The van der Waals surface area contributed by atoms with Crippen molar-refractivity contribution >= 4 is 69.3 Å². The molecule has 0 aliphatic carbocycles. The van der Waals surface area contributed by atoms with E-state index < -0.39 is 35.3 Å². The molecule has 0 spiro atoms. The maximum absolute atomic E-state index is 14.0. The van der Waals surface area contributed by atoms with E-state index in [1.165, 1.54) is 33.6 Å². The van der Waals surface area contributed by atoms with Crippen LogP contribution < -0.4 is 11.1 Å². The van der Waals surface area contributed by atoms with E-state index in [1.807, 2.05) is 60.7 Å². The highest BCUT2D eigenvalue weighted by Gasteiger charge is 2.54. The zero-order valence-corrected chi connectivity index (χ0v) is 25.1. The molecule has 1 saturated heterocycles. The Morgan fingerprint density at radius 1 is 1.09 bits per heavy atom. The fourth-order valence-corrected chi connectivity index (χ4v) is 7.05. The van der Waals surface area contributed by atoms with E-state index in [1.54, 1.807) is 17.5 Å². The van der Waals surface area contributed by atoms with Gasteiger partial charge >= 0.3 is 5.97 Å². The monoisotopic (exact) mass is 645 g/mol. The number of nitrogen functional groups attached to an aromatic ring is 1. The number of benzene rings is 2. The Bertz CT molecular complexity index is 1740. The first-order valence-electron chi connectivity index (χ1n) is 13.1. The second-order valence-corrected chi connectivity index (χ2v) is 12.1. The first-order valence-corrected chi connectivity index (χ1v) is 15.9. The maximum atomic E-state index is 14.0. The Balaban J connectivity index is 1.30. The van der Waals surface area contributed by atoms with Crippen LogP contribution in [-0.2, 0) is 19.1 Å². The number of oxime groups is 1. The van der Waals surface area contributed by atoms with Crippen LogP contribution in [0.2, 0.25) is 0 Å². The summed E-state index contributed by atoms with van der Waals surface area (Å²) in [4.78, 5) is 45.9. The van der Waals surface area contributed by atoms with Gasteiger partial charge < -0.3 is 21.0 Å². The molecule has 2 atom stereocenters. The number of hydrogen-bond donors (Lipinski definition) is 3. The molecule has 2 aliphatic heterocycles. The summed E-state index contributed by atoms with van der Waals surface area (Å²) in [6, 6.07) is 17.7. The molecule has 222 valence electrons. The van der Waals surface area contributed by atoms with Gasteiger partial charge in [0.05, 0.1) is 5.69 Å². The lowest BCUT2D eigenvalue weighted by Gasteiger charge is -2.49. The Morgan fingerprint density at radius 2 is 1.80 bits per heavy atom. The predicted octanol–water partition coefficient (Wildman–Crippen LogP) is 3.46. The van der Waals surface area contributed by atoms with Gasteiger partial charge in [-0.2, -0.15) is 0 Å². The number of rotatable bonds is 9. The number of carbonyl (C=O) groups excluding carboxylic acids is 3. The van der Waals surface area contributed by atoms with Gasteiger partial charge in [0, 0.05) is 16.5 Å². The third-order valence-electron chi connectivity index (χ3n) is 6.82. The molecule has 2 amide bonds. The molecule has 6 rings (SSSR count). The van der Waals surface area contributed by atoms with Crippen LogP contribution in [0.3, 0.4) is 0 Å². The fourth-order valence-electron chi connectivity index (χ4n) is 4.76. The molecule has 1 unspecified atom stereocenters. The third kappa shape index (κ3) is 5.84. The van der Waals surface area contributed by atoms with Crippen molar-refractivity contribution < 1.29 is 24.3 Å². The van der Waals surface area contributed by atoms with Gasteiger partial charge in [0.1, 0.15) is 22.8 Å². The summed E-state index contributed by atoms with van der Waals surface area (Å²) in [6.07, 6.45) is 2.70. The molecular formula is C29H23N7O5S3. The summed E-state index contributed by atoms with van der Waals surface area (Å²) in [5, 5.41) is 22.0. The van der Waals surface area contributed by atoms with E-state index in [0.717, 1.165) is 22.5 Å². The van der Waals surface area contributed by atoms with E-state index in [9.17, 15) is 19.6 Å². The minimum atomic E-state index is -0.990. The summed E-state index contributed by atoms with van der Waals surface area (Å²) in [5.41, 5.74) is 8.11. The quantitative estimate of drug-likeness (QED) is 0.0805. The van der Waals surface area contributed by atoms with Gasteiger partial charge in [-0.3, -0.25) is 14.5 Å². The standard InChI is InChI=1S/C29H23N7O5S3/c30-29-31-20(15-43-29)21(34-40)25(37)32-22-26(38)36-23(18(13-42-27(22)36)11-12-19-14-44-35-33-19)28(39)41-24(16-7-3-1-4-8-16)17-9-5-2-6-10-17/h1-12,14-15,22,24,27,40H,13H2,(H2,30,31)(H,32,37)/b12-11-,34-21+/t22?,27-/m1/s1. The Labute approximate surface area is 263 Å². The topological polar surface area (TPSA) is 173 Å². The van der Waals surface area contributed by atoms with Crippen LogP contribution in [0.25, 0.3) is 6.08 Å². The SMILES string of the molecule is Nc1nc(/C(=N\O)C(=O)NC2C(=O)N3C(C(=O)OC(c4ccccc4)c4ccccc4)=C(/C=C\c4csnn4)CS[C@H]23)cs1. The van der Waals surface area contributed by atoms with Crippen LogP contribution in [0.15, 0.2) is 93.9 Å². The highest BCUT2D eigenvalue weighted by atomic mass is 32.2. The molecule has 4 aromatic rings. The lowest BCUT2D eigenvalue weighted by molar-refractivity contribution is -0.154. The summed E-state index contributed by atoms with van der Waals surface area (Å²) in [6.45, 7) is 0. The third-order valence-corrected chi connectivity index (χ3v) is 9.32. The van der Waals surface area contributed by atoms with Gasteiger partial charge in [-0.1, -0.05) is 76.4 Å². The number of fused-ring (bicyclic) bond motifs is 1. The second kappa shape index (κ2) is 12.8. The number of thiazole rings is 1. The number of esters is 1. The van der Waals surface area contributed by atoms with Crippen molar-refractivity contribution in [2.75, 3.05) is 11.5 Å². The number of anilines is 1. The lowest BCUT2D eigenvalue weighted by Crippen LogP contribution is -2.71. The summed E-state index contributed by atoms with van der Waals surface area (Å²) < 4.78 is 10.0. The zero-order chi connectivity index (χ0) is 30.6. The van der Waals surface area contributed by atoms with E-state index in [-0.39, 0.29) is 22.2 Å².